The molecule has 0 aliphatic heterocycles. The molecule has 1 radical (unpaired) electrons. The Morgan fingerprint density at radius 2 is 1.58 bits per heavy atom. The van der Waals surface area contributed by atoms with Crippen LogP contribution in [0, 0.1) is 30.1 Å². The quantitative estimate of drug-likeness (QED) is 0.592. The minimum absolute atomic E-state index is 0.411. The molecule has 0 heteroatoms. The maximum Gasteiger partial charge on any atom is -0.0275 e. The van der Waals surface area contributed by atoms with E-state index in [1.165, 1.54) is 6.42 Å². The van der Waals surface area contributed by atoms with Crippen molar-refractivity contribution in [2.75, 3.05) is 0 Å². The average molecular weight is 169 g/mol. The van der Waals surface area contributed by atoms with Gasteiger partial charge in [-0.15, -0.1) is 0 Å². The van der Waals surface area contributed by atoms with Crippen molar-refractivity contribution < 1.29 is 0 Å². The lowest BCUT2D eigenvalue weighted by molar-refractivity contribution is 0.0976. The maximum absolute atomic E-state index is 4.18. The topological polar surface area (TPSA) is 0 Å². The lowest BCUT2D eigenvalue weighted by Gasteiger charge is -2.41. The lowest BCUT2D eigenvalue weighted by Crippen LogP contribution is -2.33. The molecular weight excluding hydrogens is 144 g/mol. The van der Waals surface area contributed by atoms with Crippen LogP contribution in [0.4, 0.5) is 0 Å². The summed E-state index contributed by atoms with van der Waals surface area (Å²) < 4.78 is 0. The summed E-state index contributed by atoms with van der Waals surface area (Å²) in [5, 5.41) is 0. The highest BCUT2D eigenvalue weighted by Crippen LogP contribution is 2.41. The summed E-state index contributed by atoms with van der Waals surface area (Å²) in [6.07, 6.45) is 1.23. The molecule has 0 rings (SSSR count). The molecule has 0 aromatic heterocycles. The second kappa shape index (κ2) is 4.30. The first-order valence-corrected chi connectivity index (χ1v) is 5.19. The third-order valence-electron chi connectivity index (χ3n) is 3.93. The smallest absolute Gasteiger partial charge is 0.0275 e. The molecule has 73 valence electrons. The van der Waals surface area contributed by atoms with E-state index in [0.29, 0.717) is 11.3 Å². The molecule has 0 saturated carbocycles. The Bertz CT molecular complexity index is 124. The predicted octanol–water partition coefficient (Wildman–Crippen LogP) is 4.16. The molecule has 0 heterocycles. The van der Waals surface area contributed by atoms with Gasteiger partial charge in [-0.1, -0.05) is 48.0 Å². The molecule has 3 atom stereocenters. The molecule has 0 aliphatic carbocycles. The van der Waals surface area contributed by atoms with Crippen LogP contribution in [0.5, 0.6) is 0 Å². The van der Waals surface area contributed by atoms with Gasteiger partial charge in [0.15, 0.2) is 0 Å². The maximum atomic E-state index is 4.18. The fourth-order valence-corrected chi connectivity index (χ4v) is 1.88. The Labute approximate surface area is 78.8 Å². The summed E-state index contributed by atoms with van der Waals surface area (Å²) in [6, 6.07) is 0. The summed E-state index contributed by atoms with van der Waals surface area (Å²) in [5.41, 5.74) is 0.411. The molecule has 3 unspecified atom stereocenters. The van der Waals surface area contributed by atoms with Crippen LogP contribution >= 0.6 is 0 Å². The Hall–Kier alpha value is 0. The summed E-state index contributed by atoms with van der Waals surface area (Å²) >= 11 is 0. The van der Waals surface area contributed by atoms with Crippen molar-refractivity contribution in [3.05, 3.63) is 6.92 Å². The summed E-state index contributed by atoms with van der Waals surface area (Å²) in [4.78, 5) is 0. The largest absolute Gasteiger partial charge is 0.0648 e. The van der Waals surface area contributed by atoms with Crippen molar-refractivity contribution in [2.45, 2.75) is 48.0 Å². The van der Waals surface area contributed by atoms with E-state index >= 15 is 0 Å². The first kappa shape index (κ1) is 12.0. The van der Waals surface area contributed by atoms with E-state index in [4.69, 9.17) is 0 Å². The third-order valence-corrected chi connectivity index (χ3v) is 3.93. The lowest BCUT2D eigenvalue weighted by atomic mass is 9.64. The van der Waals surface area contributed by atoms with Crippen molar-refractivity contribution in [1.82, 2.24) is 0 Å². The molecule has 0 fully saturated rings. The highest BCUT2D eigenvalue weighted by molar-refractivity contribution is 4.86. The van der Waals surface area contributed by atoms with Crippen molar-refractivity contribution in [3.8, 4) is 0 Å². The predicted molar refractivity (Wildman–Crippen MR) is 56.9 cm³/mol. The van der Waals surface area contributed by atoms with Gasteiger partial charge in [0.1, 0.15) is 0 Å². The summed E-state index contributed by atoms with van der Waals surface area (Å²) in [5.74, 6) is 2.06. The Kier molecular flexibility index (Phi) is 4.30. The Morgan fingerprint density at radius 1 is 1.17 bits per heavy atom. The molecular formula is C12H25. The molecule has 0 amide bonds. The first-order chi connectivity index (χ1) is 5.36. The minimum Gasteiger partial charge on any atom is -0.0648 e. The van der Waals surface area contributed by atoms with Crippen molar-refractivity contribution in [3.63, 3.8) is 0 Å². The zero-order chi connectivity index (χ0) is 9.94. The van der Waals surface area contributed by atoms with Gasteiger partial charge in [-0.05, 0) is 30.1 Å². The fraction of sp³-hybridized carbons (Fsp3) is 0.917. The third kappa shape index (κ3) is 2.24. The van der Waals surface area contributed by atoms with E-state index in [1.807, 2.05) is 0 Å². The molecule has 0 nitrogen and oxygen atoms in total. The van der Waals surface area contributed by atoms with Crippen LogP contribution in [0.3, 0.4) is 0 Å². The zero-order valence-electron chi connectivity index (χ0n) is 9.65. The number of hydrogen-bond acceptors (Lipinski definition) is 0. The molecule has 0 aromatic carbocycles. The van der Waals surface area contributed by atoms with Gasteiger partial charge in [-0.3, -0.25) is 0 Å². The van der Waals surface area contributed by atoms with E-state index in [0.717, 1.165) is 11.8 Å². The summed E-state index contributed by atoms with van der Waals surface area (Å²) in [6.45, 7) is 18.0. The van der Waals surface area contributed by atoms with E-state index in [-0.39, 0.29) is 0 Å². The molecule has 0 N–H and O–H groups in total. The molecule has 0 spiro atoms. The van der Waals surface area contributed by atoms with Gasteiger partial charge in [0.25, 0.3) is 0 Å². The van der Waals surface area contributed by atoms with E-state index in [9.17, 15) is 0 Å². The summed E-state index contributed by atoms with van der Waals surface area (Å²) in [7, 11) is 0. The monoisotopic (exact) mass is 169 g/mol. The normalized spacial score (nSPS) is 19.8. The fourth-order valence-electron chi connectivity index (χ4n) is 1.88. The number of rotatable bonds is 4. The van der Waals surface area contributed by atoms with Crippen LogP contribution in [-0.2, 0) is 0 Å². The van der Waals surface area contributed by atoms with Gasteiger partial charge in [0, 0.05) is 0 Å². The van der Waals surface area contributed by atoms with E-state index in [2.05, 4.69) is 48.5 Å². The second-order valence-corrected chi connectivity index (χ2v) is 4.79. The van der Waals surface area contributed by atoms with Crippen molar-refractivity contribution >= 4 is 0 Å². The molecule has 0 aliphatic rings. The van der Waals surface area contributed by atoms with Gasteiger partial charge >= 0.3 is 0 Å². The van der Waals surface area contributed by atoms with Crippen LogP contribution in [0.1, 0.15) is 48.0 Å². The van der Waals surface area contributed by atoms with Gasteiger partial charge in [-0.25, -0.2) is 0 Å². The van der Waals surface area contributed by atoms with Crippen LogP contribution in [-0.4, -0.2) is 0 Å². The SMILES string of the molecule is [CH2]C(C)C(C)(CC)C(C)C(C)C. The van der Waals surface area contributed by atoms with Gasteiger partial charge in [-0.2, -0.15) is 0 Å². The highest BCUT2D eigenvalue weighted by Gasteiger charge is 2.33. The van der Waals surface area contributed by atoms with Crippen LogP contribution in [0.15, 0.2) is 0 Å². The molecule has 0 saturated heterocycles. The first-order valence-electron chi connectivity index (χ1n) is 5.19. The molecule has 0 bridgehead atoms. The van der Waals surface area contributed by atoms with E-state index < -0.39 is 0 Å². The molecule has 0 aromatic rings. The number of hydrogen-bond donors (Lipinski definition) is 0. The zero-order valence-corrected chi connectivity index (χ0v) is 9.65. The second-order valence-electron chi connectivity index (χ2n) is 4.79. The Morgan fingerprint density at radius 3 is 1.67 bits per heavy atom. The highest BCUT2D eigenvalue weighted by atomic mass is 14.4. The van der Waals surface area contributed by atoms with Crippen LogP contribution in [0.25, 0.3) is 0 Å². The minimum atomic E-state index is 0.411. The van der Waals surface area contributed by atoms with Gasteiger partial charge in [0.05, 0.1) is 0 Å². The van der Waals surface area contributed by atoms with E-state index in [1.54, 1.807) is 0 Å². The van der Waals surface area contributed by atoms with Crippen LogP contribution < -0.4 is 0 Å². The van der Waals surface area contributed by atoms with Crippen LogP contribution in [0.2, 0.25) is 0 Å². The van der Waals surface area contributed by atoms with Crippen molar-refractivity contribution in [2.24, 2.45) is 23.2 Å². The average Bonchev–Trinajstić information content (AvgIpc) is 2.01. The van der Waals surface area contributed by atoms with Gasteiger partial charge < -0.3 is 0 Å². The Balaban J connectivity index is 4.51. The van der Waals surface area contributed by atoms with Gasteiger partial charge in [0.2, 0.25) is 0 Å². The van der Waals surface area contributed by atoms with Crippen molar-refractivity contribution in [1.29, 1.82) is 0 Å². The standard InChI is InChI=1S/C12H25/c1-8-12(7,10(4)5)11(6)9(2)3/h9-11H,4,8H2,1-3,5-7H3. The molecule has 12 heavy (non-hydrogen) atoms.